The van der Waals surface area contributed by atoms with Crippen LogP contribution in [0.1, 0.15) is 21.5 Å². The highest BCUT2D eigenvalue weighted by Gasteiger charge is 2.09. The summed E-state index contributed by atoms with van der Waals surface area (Å²) < 4.78 is 0. The number of rotatable bonds is 3. The molecule has 2 aromatic rings. The van der Waals surface area contributed by atoms with Gasteiger partial charge in [-0.05, 0) is 18.2 Å². The van der Waals surface area contributed by atoms with E-state index in [0.717, 1.165) is 0 Å². The van der Waals surface area contributed by atoms with Crippen LogP contribution in [0.4, 0.5) is 0 Å². The number of hydrogen-bond acceptors (Lipinski definition) is 2. The first-order valence-corrected chi connectivity index (χ1v) is 5.27. The van der Waals surface area contributed by atoms with E-state index >= 15 is 0 Å². The van der Waals surface area contributed by atoms with E-state index in [1.165, 1.54) is 12.1 Å². The average Bonchev–Trinajstić information content (AvgIpc) is 2.39. The maximum atomic E-state index is 12.1. The third-order valence-corrected chi connectivity index (χ3v) is 2.55. The van der Waals surface area contributed by atoms with Crippen LogP contribution in [0.25, 0.3) is 6.08 Å². The largest absolute Gasteiger partial charge is 0.507 e. The summed E-state index contributed by atoms with van der Waals surface area (Å²) >= 11 is 0. The standard InChI is InChI=1S/C15H12O2/c1-2-11-10-13(8-9-14(11)16)15(17)12-6-4-3-5-7-12/h2-10,16H,1H2. The lowest BCUT2D eigenvalue weighted by Crippen LogP contribution is -2.00. The fourth-order valence-electron chi connectivity index (χ4n) is 1.62. The van der Waals surface area contributed by atoms with Gasteiger partial charge in [-0.3, -0.25) is 4.79 Å². The Balaban J connectivity index is 2.42. The molecular weight excluding hydrogens is 212 g/mol. The average molecular weight is 224 g/mol. The minimum Gasteiger partial charge on any atom is -0.507 e. The van der Waals surface area contributed by atoms with E-state index in [0.29, 0.717) is 16.7 Å². The molecule has 2 nitrogen and oxygen atoms in total. The van der Waals surface area contributed by atoms with Crippen LogP contribution in [0.5, 0.6) is 5.75 Å². The summed E-state index contributed by atoms with van der Waals surface area (Å²) in [7, 11) is 0. The molecule has 2 heteroatoms. The number of ketones is 1. The molecular formula is C15H12O2. The summed E-state index contributed by atoms with van der Waals surface area (Å²) in [6.45, 7) is 3.59. The Bertz CT molecular complexity index is 556. The van der Waals surface area contributed by atoms with Gasteiger partial charge in [-0.2, -0.15) is 0 Å². The van der Waals surface area contributed by atoms with Gasteiger partial charge in [0.2, 0.25) is 0 Å². The summed E-state index contributed by atoms with van der Waals surface area (Å²) in [6, 6.07) is 13.8. The molecule has 1 N–H and O–H groups in total. The van der Waals surface area contributed by atoms with Crippen LogP contribution < -0.4 is 0 Å². The Hall–Kier alpha value is -2.35. The van der Waals surface area contributed by atoms with Crippen molar-refractivity contribution in [1.82, 2.24) is 0 Å². The molecule has 17 heavy (non-hydrogen) atoms. The normalized spacial score (nSPS) is 9.88. The molecule has 0 aromatic heterocycles. The van der Waals surface area contributed by atoms with E-state index in [4.69, 9.17) is 0 Å². The van der Waals surface area contributed by atoms with Crippen LogP contribution in [0, 0.1) is 0 Å². The van der Waals surface area contributed by atoms with Crippen LogP contribution in [-0.4, -0.2) is 10.9 Å². The summed E-state index contributed by atoms with van der Waals surface area (Å²) in [5.74, 6) is 0.0679. The van der Waals surface area contributed by atoms with E-state index in [2.05, 4.69) is 6.58 Å². The molecule has 0 unspecified atom stereocenters. The first-order chi connectivity index (χ1) is 8.22. The molecule has 0 aliphatic rings. The maximum Gasteiger partial charge on any atom is 0.193 e. The van der Waals surface area contributed by atoms with Crippen molar-refractivity contribution in [3.8, 4) is 5.75 Å². The highest BCUT2D eigenvalue weighted by atomic mass is 16.3. The Labute approximate surface area is 99.8 Å². The number of aromatic hydroxyl groups is 1. The first-order valence-electron chi connectivity index (χ1n) is 5.27. The predicted octanol–water partition coefficient (Wildman–Crippen LogP) is 3.27. The maximum absolute atomic E-state index is 12.1. The summed E-state index contributed by atoms with van der Waals surface area (Å²) in [6.07, 6.45) is 1.52. The summed E-state index contributed by atoms with van der Waals surface area (Å²) in [4.78, 5) is 12.1. The van der Waals surface area contributed by atoms with Gasteiger partial charge in [0.1, 0.15) is 5.75 Å². The molecule has 0 aliphatic carbocycles. The van der Waals surface area contributed by atoms with Crippen LogP contribution in [0.2, 0.25) is 0 Å². The number of carbonyl (C=O) groups is 1. The molecule has 0 heterocycles. The van der Waals surface area contributed by atoms with Gasteiger partial charge in [-0.25, -0.2) is 0 Å². The number of carbonyl (C=O) groups excluding carboxylic acids is 1. The van der Waals surface area contributed by atoms with Gasteiger partial charge in [-0.15, -0.1) is 0 Å². The van der Waals surface area contributed by atoms with E-state index < -0.39 is 0 Å². The van der Waals surface area contributed by atoms with E-state index in [1.54, 1.807) is 24.3 Å². The highest BCUT2D eigenvalue weighted by Crippen LogP contribution is 2.21. The zero-order chi connectivity index (χ0) is 12.3. The molecule has 0 saturated carbocycles. The zero-order valence-corrected chi connectivity index (χ0v) is 9.26. The van der Waals surface area contributed by atoms with E-state index in [-0.39, 0.29) is 11.5 Å². The summed E-state index contributed by atoms with van der Waals surface area (Å²) in [5, 5.41) is 9.50. The highest BCUT2D eigenvalue weighted by molar-refractivity contribution is 6.09. The lowest BCUT2D eigenvalue weighted by molar-refractivity contribution is 0.103. The molecule has 0 aliphatic heterocycles. The fraction of sp³-hybridized carbons (Fsp3) is 0. The van der Waals surface area contributed by atoms with Gasteiger partial charge in [0.15, 0.2) is 5.78 Å². The third-order valence-electron chi connectivity index (χ3n) is 2.55. The lowest BCUT2D eigenvalue weighted by atomic mass is 10.0. The number of hydrogen-bond donors (Lipinski definition) is 1. The van der Waals surface area contributed by atoms with Crippen molar-refractivity contribution in [2.24, 2.45) is 0 Å². The first kappa shape index (κ1) is 11.1. The van der Waals surface area contributed by atoms with Gasteiger partial charge < -0.3 is 5.11 Å². The minimum absolute atomic E-state index is 0.0614. The fourth-order valence-corrected chi connectivity index (χ4v) is 1.62. The van der Waals surface area contributed by atoms with Crippen molar-refractivity contribution in [2.75, 3.05) is 0 Å². The Morgan fingerprint density at radius 1 is 1.06 bits per heavy atom. The van der Waals surface area contributed by atoms with Gasteiger partial charge in [0.25, 0.3) is 0 Å². The number of phenols is 1. The SMILES string of the molecule is C=Cc1cc(C(=O)c2ccccc2)ccc1O. The van der Waals surface area contributed by atoms with Crippen LogP contribution in [0.15, 0.2) is 55.1 Å². The molecule has 0 atom stereocenters. The van der Waals surface area contributed by atoms with Crippen molar-refractivity contribution >= 4 is 11.9 Å². The second-order valence-corrected chi connectivity index (χ2v) is 3.67. The van der Waals surface area contributed by atoms with E-state index in [1.807, 2.05) is 18.2 Å². The number of benzene rings is 2. The lowest BCUT2D eigenvalue weighted by Gasteiger charge is -2.04. The zero-order valence-electron chi connectivity index (χ0n) is 9.26. The second-order valence-electron chi connectivity index (χ2n) is 3.67. The van der Waals surface area contributed by atoms with Crippen LogP contribution in [-0.2, 0) is 0 Å². The van der Waals surface area contributed by atoms with Crippen LogP contribution in [0.3, 0.4) is 0 Å². The molecule has 2 aromatic carbocycles. The Kier molecular flexibility index (Phi) is 3.06. The van der Waals surface area contributed by atoms with Gasteiger partial charge in [0.05, 0.1) is 0 Å². The topological polar surface area (TPSA) is 37.3 Å². The number of phenolic OH excluding ortho intramolecular Hbond substituents is 1. The van der Waals surface area contributed by atoms with Crippen molar-refractivity contribution < 1.29 is 9.90 Å². The molecule has 84 valence electrons. The quantitative estimate of drug-likeness (QED) is 0.812. The van der Waals surface area contributed by atoms with Gasteiger partial charge >= 0.3 is 0 Å². The van der Waals surface area contributed by atoms with Crippen molar-refractivity contribution in [3.05, 3.63) is 71.8 Å². The van der Waals surface area contributed by atoms with Crippen molar-refractivity contribution in [1.29, 1.82) is 0 Å². The van der Waals surface area contributed by atoms with Crippen molar-refractivity contribution in [2.45, 2.75) is 0 Å². The molecule has 0 saturated heterocycles. The smallest absolute Gasteiger partial charge is 0.193 e. The monoisotopic (exact) mass is 224 g/mol. The second kappa shape index (κ2) is 4.66. The minimum atomic E-state index is -0.0614. The third kappa shape index (κ3) is 2.26. The Morgan fingerprint density at radius 3 is 2.41 bits per heavy atom. The van der Waals surface area contributed by atoms with E-state index in [9.17, 15) is 9.90 Å². The Morgan fingerprint density at radius 2 is 1.76 bits per heavy atom. The molecule has 0 amide bonds. The summed E-state index contributed by atoms with van der Waals surface area (Å²) in [5.41, 5.74) is 1.74. The molecule has 0 spiro atoms. The van der Waals surface area contributed by atoms with Crippen molar-refractivity contribution in [3.63, 3.8) is 0 Å². The van der Waals surface area contributed by atoms with Gasteiger partial charge in [0, 0.05) is 16.7 Å². The molecule has 0 radical (unpaired) electrons. The molecule has 0 bridgehead atoms. The van der Waals surface area contributed by atoms with Crippen LogP contribution >= 0.6 is 0 Å². The van der Waals surface area contributed by atoms with Gasteiger partial charge in [-0.1, -0.05) is 43.0 Å². The molecule has 2 rings (SSSR count). The molecule has 0 fully saturated rings. The predicted molar refractivity (Wildman–Crippen MR) is 68.1 cm³/mol.